The van der Waals surface area contributed by atoms with Crippen molar-refractivity contribution < 1.29 is 37.2 Å². The molecule has 4 aromatic rings. The Labute approximate surface area is 227 Å². The molecule has 0 saturated carbocycles. The largest absolute Gasteiger partial charge is 0.481 e. The standard InChI is InChI=1S/C29H26F3N3O5/c30-29(31,32)23-25(34-39-26(23)16-5-2-1-3-6-16)27-21-11-8-17-13-18(9-10-20(17)24(21)33-40-27)22(36)15-35-12-4-7-19(14-35)28(37)38/h1-3,5-6,9-10,13,19,22,36H,4,7-8,11-12,14-15H2,(H,37,38). The average molecular weight is 554 g/mol. The van der Waals surface area contributed by atoms with Gasteiger partial charge in [0.2, 0.25) is 0 Å². The van der Waals surface area contributed by atoms with E-state index < -0.39 is 35.4 Å². The van der Waals surface area contributed by atoms with Crippen molar-refractivity contribution >= 4 is 5.97 Å². The number of aliphatic hydroxyl groups is 1. The summed E-state index contributed by atoms with van der Waals surface area (Å²) < 4.78 is 53.3. The summed E-state index contributed by atoms with van der Waals surface area (Å²) >= 11 is 0. The second kappa shape index (κ2) is 10.2. The normalized spacial score (nSPS) is 18.2. The quantitative estimate of drug-likeness (QED) is 0.317. The molecule has 1 saturated heterocycles. The first-order valence-corrected chi connectivity index (χ1v) is 13.1. The van der Waals surface area contributed by atoms with Crippen LogP contribution in [0.25, 0.3) is 34.0 Å². The highest BCUT2D eigenvalue weighted by atomic mass is 19.4. The number of carbonyl (C=O) groups is 1. The Morgan fingerprint density at radius 3 is 2.55 bits per heavy atom. The highest BCUT2D eigenvalue weighted by Gasteiger charge is 2.43. The van der Waals surface area contributed by atoms with Crippen LogP contribution in [0.5, 0.6) is 0 Å². The number of piperidine rings is 1. The molecule has 2 N–H and O–H groups in total. The Morgan fingerprint density at radius 1 is 1.05 bits per heavy atom. The smallest absolute Gasteiger partial charge is 0.422 e. The second-order valence-corrected chi connectivity index (χ2v) is 10.3. The van der Waals surface area contributed by atoms with E-state index in [2.05, 4.69) is 10.3 Å². The van der Waals surface area contributed by atoms with Crippen LogP contribution in [0.4, 0.5) is 13.2 Å². The Bertz CT molecular complexity index is 1550. The molecule has 1 fully saturated rings. The van der Waals surface area contributed by atoms with Gasteiger partial charge >= 0.3 is 12.1 Å². The second-order valence-electron chi connectivity index (χ2n) is 10.3. The SMILES string of the molecule is O=C(O)C1CCCN(CC(O)c2ccc3c(c2)CCc2c-3noc2-c2noc(-c3ccccc3)c2C(F)(F)F)C1. The fourth-order valence-corrected chi connectivity index (χ4v) is 5.72. The molecule has 0 amide bonds. The van der Waals surface area contributed by atoms with Crippen LogP contribution in [0.15, 0.2) is 57.6 Å². The maximum absolute atomic E-state index is 14.2. The lowest BCUT2D eigenvalue weighted by atomic mass is 9.86. The molecule has 6 rings (SSSR count). The van der Waals surface area contributed by atoms with Crippen LogP contribution in [-0.2, 0) is 23.8 Å². The number of nitrogens with zero attached hydrogens (tertiary/aromatic N) is 3. The van der Waals surface area contributed by atoms with E-state index in [1.165, 1.54) is 12.1 Å². The number of alkyl halides is 3. The predicted molar refractivity (Wildman–Crippen MR) is 137 cm³/mol. The zero-order valence-electron chi connectivity index (χ0n) is 21.3. The fraction of sp³-hybridized carbons (Fsp3) is 0.345. The molecule has 2 atom stereocenters. The van der Waals surface area contributed by atoms with Gasteiger partial charge in [-0.3, -0.25) is 9.69 Å². The van der Waals surface area contributed by atoms with Crippen molar-refractivity contribution in [3.8, 4) is 34.0 Å². The third kappa shape index (κ3) is 4.79. The summed E-state index contributed by atoms with van der Waals surface area (Å²) in [6.07, 6.45) is -3.27. The summed E-state index contributed by atoms with van der Waals surface area (Å²) in [6.45, 7) is 1.44. The molecule has 11 heteroatoms. The summed E-state index contributed by atoms with van der Waals surface area (Å²) in [4.78, 5) is 13.3. The van der Waals surface area contributed by atoms with E-state index in [-0.39, 0.29) is 17.1 Å². The molecule has 40 heavy (non-hydrogen) atoms. The summed E-state index contributed by atoms with van der Waals surface area (Å²) in [5.41, 5.74) is 2.07. The number of aliphatic carboxylic acids is 1. The summed E-state index contributed by atoms with van der Waals surface area (Å²) in [7, 11) is 0. The zero-order valence-corrected chi connectivity index (χ0v) is 21.3. The van der Waals surface area contributed by atoms with E-state index in [1.54, 1.807) is 30.3 Å². The van der Waals surface area contributed by atoms with Gasteiger partial charge in [-0.1, -0.05) is 58.8 Å². The molecule has 2 aliphatic rings. The van der Waals surface area contributed by atoms with Crippen LogP contribution in [-0.4, -0.2) is 51.0 Å². The molecular formula is C29H26F3N3O5. The number of carboxylic acids is 1. The summed E-state index contributed by atoms with van der Waals surface area (Å²) in [6, 6.07) is 13.4. The van der Waals surface area contributed by atoms with Gasteiger partial charge in [0, 0.05) is 29.8 Å². The number of β-amino-alcohol motifs (C(OH)–C–C–N with tert-alkyl or cyclic N) is 1. The van der Waals surface area contributed by atoms with Gasteiger partial charge in [0.05, 0.1) is 12.0 Å². The van der Waals surface area contributed by atoms with Crippen molar-refractivity contribution in [1.82, 2.24) is 15.2 Å². The Balaban J connectivity index is 1.28. The van der Waals surface area contributed by atoms with Crippen LogP contribution in [0.1, 0.15) is 41.2 Å². The van der Waals surface area contributed by atoms with Gasteiger partial charge in [-0.2, -0.15) is 13.2 Å². The predicted octanol–water partition coefficient (Wildman–Crippen LogP) is 5.61. The van der Waals surface area contributed by atoms with E-state index in [9.17, 15) is 28.2 Å². The van der Waals surface area contributed by atoms with Crippen LogP contribution in [0, 0.1) is 5.92 Å². The highest BCUT2D eigenvalue weighted by molar-refractivity contribution is 5.79. The molecule has 2 aromatic carbocycles. The first-order chi connectivity index (χ1) is 19.2. The first kappa shape index (κ1) is 26.3. The van der Waals surface area contributed by atoms with Gasteiger partial charge in [0.15, 0.2) is 17.2 Å². The molecule has 1 aliphatic heterocycles. The van der Waals surface area contributed by atoms with Crippen molar-refractivity contribution in [2.45, 2.75) is 38.0 Å². The lowest BCUT2D eigenvalue weighted by molar-refractivity contribution is -0.143. The molecule has 208 valence electrons. The van der Waals surface area contributed by atoms with Gasteiger partial charge in [0.1, 0.15) is 11.3 Å². The molecule has 0 spiro atoms. The molecule has 1 aliphatic carbocycles. The van der Waals surface area contributed by atoms with Crippen LogP contribution in [0.2, 0.25) is 0 Å². The number of rotatable bonds is 6. The number of aromatic nitrogens is 2. The fourth-order valence-electron chi connectivity index (χ4n) is 5.72. The van der Waals surface area contributed by atoms with Crippen molar-refractivity contribution in [2.75, 3.05) is 19.6 Å². The van der Waals surface area contributed by atoms with E-state index in [4.69, 9.17) is 9.05 Å². The van der Waals surface area contributed by atoms with E-state index in [0.29, 0.717) is 49.2 Å². The van der Waals surface area contributed by atoms with Crippen LogP contribution < -0.4 is 0 Å². The minimum Gasteiger partial charge on any atom is -0.481 e. The molecule has 0 bridgehead atoms. The molecular weight excluding hydrogens is 527 g/mol. The number of hydrogen-bond acceptors (Lipinski definition) is 7. The molecule has 2 unspecified atom stereocenters. The number of aryl methyl sites for hydroxylation is 1. The lowest BCUT2D eigenvalue weighted by Gasteiger charge is -2.32. The zero-order chi connectivity index (χ0) is 28.0. The minimum atomic E-state index is -4.74. The summed E-state index contributed by atoms with van der Waals surface area (Å²) in [5.74, 6) is -1.71. The van der Waals surface area contributed by atoms with Gasteiger partial charge < -0.3 is 19.3 Å². The number of benzene rings is 2. The number of fused-ring (bicyclic) bond motifs is 3. The van der Waals surface area contributed by atoms with Crippen LogP contribution in [0.3, 0.4) is 0 Å². The number of carboxylic acid groups (broad SMARTS) is 1. The lowest BCUT2D eigenvalue weighted by Crippen LogP contribution is -2.40. The van der Waals surface area contributed by atoms with Crippen molar-refractivity contribution in [3.63, 3.8) is 0 Å². The average Bonchev–Trinajstić information content (AvgIpc) is 3.58. The van der Waals surface area contributed by atoms with Gasteiger partial charge in [-0.15, -0.1) is 0 Å². The Morgan fingerprint density at radius 2 is 1.80 bits per heavy atom. The number of halogens is 3. The Kier molecular flexibility index (Phi) is 6.71. The number of aliphatic hydroxyl groups excluding tert-OH is 1. The van der Waals surface area contributed by atoms with Gasteiger partial charge in [-0.05, 0) is 43.4 Å². The number of likely N-dealkylation sites (tertiary alicyclic amines) is 1. The highest BCUT2D eigenvalue weighted by Crippen LogP contribution is 2.46. The van der Waals surface area contributed by atoms with Crippen LogP contribution >= 0.6 is 0 Å². The summed E-state index contributed by atoms with van der Waals surface area (Å²) in [5, 5.41) is 28.1. The van der Waals surface area contributed by atoms with E-state index in [0.717, 1.165) is 24.1 Å². The topological polar surface area (TPSA) is 113 Å². The maximum atomic E-state index is 14.2. The molecule has 2 aromatic heterocycles. The van der Waals surface area contributed by atoms with E-state index in [1.807, 2.05) is 11.0 Å². The maximum Gasteiger partial charge on any atom is 0.422 e. The molecule has 0 radical (unpaired) electrons. The van der Waals surface area contributed by atoms with Crippen molar-refractivity contribution in [3.05, 3.63) is 70.8 Å². The van der Waals surface area contributed by atoms with Gasteiger partial charge in [0.25, 0.3) is 0 Å². The third-order valence-corrected chi connectivity index (χ3v) is 7.71. The van der Waals surface area contributed by atoms with E-state index >= 15 is 0 Å². The first-order valence-electron chi connectivity index (χ1n) is 13.1. The van der Waals surface area contributed by atoms with Crippen molar-refractivity contribution in [1.29, 1.82) is 0 Å². The molecule has 8 nitrogen and oxygen atoms in total. The molecule has 3 heterocycles. The van der Waals surface area contributed by atoms with Gasteiger partial charge in [-0.25, -0.2) is 0 Å². The third-order valence-electron chi connectivity index (χ3n) is 7.71. The minimum absolute atomic E-state index is 0.0684. The number of hydrogen-bond donors (Lipinski definition) is 2. The monoisotopic (exact) mass is 553 g/mol. The Hall–Kier alpha value is -3.96. The van der Waals surface area contributed by atoms with Crippen molar-refractivity contribution in [2.24, 2.45) is 5.92 Å².